The quantitative estimate of drug-likeness (QED) is 0.883. The number of hydrogen-bond acceptors (Lipinski definition) is 3. The summed E-state index contributed by atoms with van der Waals surface area (Å²) >= 11 is 0. The Labute approximate surface area is 134 Å². The van der Waals surface area contributed by atoms with Gasteiger partial charge in [0.15, 0.2) is 5.69 Å². The van der Waals surface area contributed by atoms with Crippen molar-refractivity contribution in [3.63, 3.8) is 0 Å². The first-order chi connectivity index (χ1) is 9.48. The molecule has 1 amide bonds. The molecule has 1 aromatic heterocycles. The van der Waals surface area contributed by atoms with Gasteiger partial charge in [0.1, 0.15) is 0 Å². The fraction of sp³-hybridized carbons (Fsp3) is 0.692. The van der Waals surface area contributed by atoms with Gasteiger partial charge in [0, 0.05) is 12.6 Å². The predicted octanol–water partition coefficient (Wildman–Crippen LogP) is 2.42. The Balaban J connectivity index is 0.00000441. The monoisotopic (exact) mass is 342 g/mol. The number of likely N-dealkylation sites (N-methyl/N-ethyl adjacent to an activating group) is 1. The van der Waals surface area contributed by atoms with Gasteiger partial charge in [0.25, 0.3) is 5.91 Å². The third kappa shape index (κ3) is 4.88. The zero-order chi connectivity index (χ0) is 16.4. The Kier molecular flexibility index (Phi) is 6.90. The molecule has 1 heterocycles. The van der Waals surface area contributed by atoms with Crippen molar-refractivity contribution >= 4 is 18.3 Å². The summed E-state index contributed by atoms with van der Waals surface area (Å²) in [5, 5.41) is 9.10. The summed E-state index contributed by atoms with van der Waals surface area (Å²) in [6.45, 7) is 6.83. The van der Waals surface area contributed by atoms with Gasteiger partial charge in [-0.05, 0) is 34.7 Å². The molecule has 0 bridgehead atoms. The normalized spacial score (nSPS) is 13.5. The molecule has 1 rings (SSSR count). The molecule has 1 aromatic rings. The number of hydrogen-bond donors (Lipinski definition) is 2. The number of nitrogens with zero attached hydrogens (tertiary/aromatic N) is 2. The molecule has 1 atom stereocenters. The largest absolute Gasteiger partial charge is 0.433 e. The highest BCUT2D eigenvalue weighted by Gasteiger charge is 2.42. The Morgan fingerprint density at radius 3 is 2.32 bits per heavy atom. The van der Waals surface area contributed by atoms with E-state index in [1.165, 1.54) is 0 Å². The van der Waals surface area contributed by atoms with Crippen LogP contribution in [0.5, 0.6) is 0 Å². The van der Waals surface area contributed by atoms with Gasteiger partial charge in [-0.2, -0.15) is 18.3 Å². The molecule has 2 N–H and O–H groups in total. The average molecular weight is 343 g/mol. The maximum absolute atomic E-state index is 13.2. The van der Waals surface area contributed by atoms with Gasteiger partial charge in [-0.3, -0.25) is 9.48 Å². The second kappa shape index (κ2) is 7.32. The van der Waals surface area contributed by atoms with E-state index in [1.807, 2.05) is 6.92 Å². The molecular weight excluding hydrogens is 321 g/mol. The van der Waals surface area contributed by atoms with Crippen molar-refractivity contribution in [2.45, 2.75) is 45.5 Å². The summed E-state index contributed by atoms with van der Waals surface area (Å²) in [4.78, 5) is 12.0. The minimum atomic E-state index is -4.65. The zero-order valence-corrected chi connectivity index (χ0v) is 14.0. The van der Waals surface area contributed by atoms with Crippen LogP contribution in [0.1, 0.15) is 43.7 Å². The predicted molar refractivity (Wildman–Crippen MR) is 80.3 cm³/mol. The summed E-state index contributed by atoms with van der Waals surface area (Å²) in [6, 6.07) is -0.0408. The minimum absolute atomic E-state index is 0. The molecule has 1 unspecified atom stereocenters. The van der Waals surface area contributed by atoms with Crippen LogP contribution in [-0.4, -0.2) is 35.3 Å². The highest BCUT2D eigenvalue weighted by atomic mass is 35.5. The van der Waals surface area contributed by atoms with Crippen molar-refractivity contribution in [2.75, 3.05) is 13.6 Å². The van der Waals surface area contributed by atoms with Gasteiger partial charge < -0.3 is 10.6 Å². The number of nitrogens with one attached hydrogen (secondary N) is 2. The van der Waals surface area contributed by atoms with Gasteiger partial charge in [0.2, 0.25) is 0 Å². The molecule has 0 radical (unpaired) electrons. The first-order valence-electron chi connectivity index (χ1n) is 6.59. The lowest BCUT2D eigenvalue weighted by molar-refractivity contribution is -0.146. The Morgan fingerprint density at radius 2 is 1.91 bits per heavy atom. The Bertz CT molecular complexity index is 508. The molecule has 0 spiro atoms. The molecule has 0 fully saturated rings. The molecule has 0 saturated carbocycles. The summed E-state index contributed by atoms with van der Waals surface area (Å²) in [7, 11) is 1.70. The van der Waals surface area contributed by atoms with E-state index in [0.717, 1.165) is 10.9 Å². The molecule has 0 aromatic carbocycles. The Hall–Kier alpha value is -1.28. The van der Waals surface area contributed by atoms with Gasteiger partial charge in [-0.1, -0.05) is 0 Å². The molecule has 0 aliphatic rings. The fourth-order valence-corrected chi connectivity index (χ4v) is 1.74. The van der Waals surface area contributed by atoms with Crippen molar-refractivity contribution in [2.24, 2.45) is 0 Å². The van der Waals surface area contributed by atoms with Crippen LogP contribution >= 0.6 is 12.4 Å². The SMILES string of the molecule is CNC(C)CNC(=O)c1cnn(C(C)(C)C)c1C(F)(F)F.Cl. The van der Waals surface area contributed by atoms with Crippen LogP contribution in [0, 0.1) is 0 Å². The molecule has 0 aliphatic carbocycles. The van der Waals surface area contributed by atoms with Crippen LogP contribution < -0.4 is 10.6 Å². The first-order valence-corrected chi connectivity index (χ1v) is 6.59. The van der Waals surface area contributed by atoms with E-state index < -0.39 is 28.9 Å². The van der Waals surface area contributed by atoms with Gasteiger partial charge >= 0.3 is 6.18 Å². The summed E-state index contributed by atoms with van der Waals surface area (Å²) in [5.74, 6) is -0.778. The molecule has 0 saturated heterocycles. The first kappa shape index (κ1) is 20.7. The van der Waals surface area contributed by atoms with Gasteiger partial charge in [-0.25, -0.2) is 0 Å². The van der Waals surface area contributed by atoms with E-state index in [2.05, 4.69) is 15.7 Å². The lowest BCUT2D eigenvalue weighted by Crippen LogP contribution is -2.38. The second-order valence-corrected chi connectivity index (χ2v) is 5.89. The van der Waals surface area contributed by atoms with Gasteiger partial charge in [-0.15, -0.1) is 12.4 Å². The fourth-order valence-electron chi connectivity index (χ4n) is 1.74. The lowest BCUT2D eigenvalue weighted by Gasteiger charge is -2.23. The zero-order valence-electron chi connectivity index (χ0n) is 13.2. The third-order valence-electron chi connectivity index (χ3n) is 2.98. The van der Waals surface area contributed by atoms with Gasteiger partial charge in [0.05, 0.1) is 17.3 Å². The third-order valence-corrected chi connectivity index (χ3v) is 2.98. The number of alkyl halides is 3. The maximum Gasteiger partial charge on any atom is 0.433 e. The molecule has 0 aliphatic heterocycles. The smallest absolute Gasteiger partial charge is 0.350 e. The summed E-state index contributed by atoms with van der Waals surface area (Å²) in [6.07, 6.45) is -3.68. The number of amides is 1. The van der Waals surface area contributed by atoms with Crippen molar-refractivity contribution in [3.8, 4) is 0 Å². The molecule has 128 valence electrons. The van der Waals surface area contributed by atoms with Crippen LogP contribution in [0.2, 0.25) is 0 Å². The van der Waals surface area contributed by atoms with Crippen LogP contribution in [0.3, 0.4) is 0 Å². The number of rotatable bonds is 4. The van der Waals surface area contributed by atoms with E-state index >= 15 is 0 Å². The highest BCUT2D eigenvalue weighted by Crippen LogP contribution is 2.34. The van der Waals surface area contributed by atoms with Crippen molar-refractivity contribution < 1.29 is 18.0 Å². The molecular formula is C13H22ClF3N4O. The standard InChI is InChI=1S/C13H21F3N4O.ClH/c1-8(17-5)6-18-11(21)9-7-19-20(12(2,3)4)10(9)13(14,15)16;/h7-8,17H,6H2,1-5H3,(H,18,21);1H. The lowest BCUT2D eigenvalue weighted by atomic mass is 10.1. The summed E-state index contributed by atoms with van der Waals surface area (Å²) in [5.41, 5.74) is -2.35. The molecule has 5 nitrogen and oxygen atoms in total. The minimum Gasteiger partial charge on any atom is -0.350 e. The Morgan fingerprint density at radius 1 is 1.36 bits per heavy atom. The van der Waals surface area contributed by atoms with E-state index in [1.54, 1.807) is 27.8 Å². The van der Waals surface area contributed by atoms with Crippen LogP contribution in [0.25, 0.3) is 0 Å². The highest BCUT2D eigenvalue weighted by molar-refractivity contribution is 5.95. The van der Waals surface area contributed by atoms with E-state index in [-0.39, 0.29) is 25.0 Å². The van der Waals surface area contributed by atoms with E-state index in [0.29, 0.717) is 0 Å². The number of carbonyl (C=O) groups excluding carboxylic acids is 1. The van der Waals surface area contributed by atoms with E-state index in [4.69, 9.17) is 0 Å². The van der Waals surface area contributed by atoms with Crippen molar-refractivity contribution in [1.82, 2.24) is 20.4 Å². The number of carbonyl (C=O) groups is 1. The van der Waals surface area contributed by atoms with Crippen molar-refractivity contribution in [1.29, 1.82) is 0 Å². The average Bonchev–Trinajstić information content (AvgIpc) is 2.79. The number of halogens is 4. The second-order valence-electron chi connectivity index (χ2n) is 5.89. The van der Waals surface area contributed by atoms with Crippen LogP contribution in [0.15, 0.2) is 6.20 Å². The molecule has 22 heavy (non-hydrogen) atoms. The molecule has 9 heteroatoms. The van der Waals surface area contributed by atoms with E-state index in [9.17, 15) is 18.0 Å². The number of aromatic nitrogens is 2. The van der Waals surface area contributed by atoms with Crippen LogP contribution in [0.4, 0.5) is 13.2 Å². The van der Waals surface area contributed by atoms with Crippen LogP contribution in [-0.2, 0) is 11.7 Å². The van der Waals surface area contributed by atoms with Crippen molar-refractivity contribution in [3.05, 3.63) is 17.5 Å². The maximum atomic E-state index is 13.2. The summed E-state index contributed by atoms with van der Waals surface area (Å²) < 4.78 is 40.6. The topological polar surface area (TPSA) is 58.9 Å².